The Hall–Kier alpha value is -0.830. The minimum atomic E-state index is 0.530. The lowest BCUT2D eigenvalue weighted by Crippen LogP contribution is -2.38. The van der Waals surface area contributed by atoms with Crippen LogP contribution in [0, 0.1) is 5.92 Å². The molecule has 3 nitrogen and oxygen atoms in total. The SMILES string of the molecule is CC1CCCC(NC(C)Cn2ccnc2)CC1. The summed E-state index contributed by atoms with van der Waals surface area (Å²) in [5, 5.41) is 3.77. The second kappa shape index (κ2) is 6.20. The van der Waals surface area contributed by atoms with Crippen LogP contribution in [0.3, 0.4) is 0 Å². The molecule has 1 fully saturated rings. The van der Waals surface area contributed by atoms with Crippen molar-refractivity contribution in [2.75, 3.05) is 0 Å². The van der Waals surface area contributed by atoms with Crippen LogP contribution < -0.4 is 5.32 Å². The van der Waals surface area contributed by atoms with E-state index in [0.717, 1.165) is 18.5 Å². The molecule has 0 aliphatic heterocycles. The highest BCUT2D eigenvalue weighted by molar-refractivity contribution is 4.79. The first-order chi connectivity index (χ1) is 8.24. The maximum atomic E-state index is 4.08. The topological polar surface area (TPSA) is 29.9 Å². The largest absolute Gasteiger partial charge is 0.336 e. The lowest BCUT2D eigenvalue weighted by molar-refractivity contribution is 0.375. The van der Waals surface area contributed by atoms with E-state index in [2.05, 4.69) is 28.7 Å². The summed E-state index contributed by atoms with van der Waals surface area (Å²) in [6, 6.07) is 1.25. The van der Waals surface area contributed by atoms with Crippen molar-refractivity contribution in [2.45, 2.75) is 64.6 Å². The number of nitrogens with zero attached hydrogens (tertiary/aromatic N) is 2. The van der Waals surface area contributed by atoms with Crippen molar-refractivity contribution in [3.8, 4) is 0 Å². The molecule has 0 aromatic carbocycles. The van der Waals surface area contributed by atoms with Gasteiger partial charge in [0.15, 0.2) is 0 Å². The maximum Gasteiger partial charge on any atom is 0.0946 e. The first-order valence-corrected chi connectivity index (χ1v) is 6.96. The monoisotopic (exact) mass is 235 g/mol. The highest BCUT2D eigenvalue weighted by atomic mass is 15.1. The van der Waals surface area contributed by atoms with Crippen LogP contribution in [0.1, 0.15) is 46.0 Å². The van der Waals surface area contributed by atoms with E-state index in [9.17, 15) is 0 Å². The zero-order valence-corrected chi connectivity index (χ0v) is 11.1. The van der Waals surface area contributed by atoms with Gasteiger partial charge in [0.05, 0.1) is 6.33 Å². The van der Waals surface area contributed by atoms with Crippen LogP contribution in [0.4, 0.5) is 0 Å². The Balaban J connectivity index is 1.75. The van der Waals surface area contributed by atoms with Crippen LogP contribution in [-0.4, -0.2) is 21.6 Å². The van der Waals surface area contributed by atoms with Gasteiger partial charge in [0, 0.05) is 31.0 Å². The standard InChI is InChI=1S/C14H25N3/c1-12-4-3-5-14(7-6-12)16-13(2)10-17-9-8-15-11-17/h8-9,11-14,16H,3-7,10H2,1-2H3. The third-order valence-electron chi connectivity index (χ3n) is 3.82. The Morgan fingerprint density at radius 1 is 1.35 bits per heavy atom. The molecule has 3 atom stereocenters. The quantitative estimate of drug-likeness (QED) is 0.813. The molecule has 3 heteroatoms. The molecular formula is C14H25N3. The molecule has 1 aromatic heterocycles. The average molecular weight is 235 g/mol. The van der Waals surface area contributed by atoms with Crippen LogP contribution in [0.5, 0.6) is 0 Å². The smallest absolute Gasteiger partial charge is 0.0946 e. The van der Waals surface area contributed by atoms with Gasteiger partial charge in [-0.05, 0) is 32.1 Å². The van der Waals surface area contributed by atoms with Crippen molar-refractivity contribution in [3.05, 3.63) is 18.7 Å². The normalized spacial score (nSPS) is 27.6. The number of rotatable bonds is 4. The van der Waals surface area contributed by atoms with Gasteiger partial charge in [0.2, 0.25) is 0 Å². The van der Waals surface area contributed by atoms with E-state index in [1.807, 2.05) is 18.7 Å². The summed E-state index contributed by atoms with van der Waals surface area (Å²) in [6.45, 7) is 5.68. The van der Waals surface area contributed by atoms with E-state index in [4.69, 9.17) is 0 Å². The average Bonchev–Trinajstić information content (AvgIpc) is 2.70. The van der Waals surface area contributed by atoms with E-state index in [1.54, 1.807) is 0 Å². The predicted molar refractivity (Wildman–Crippen MR) is 70.9 cm³/mol. The van der Waals surface area contributed by atoms with Crippen molar-refractivity contribution < 1.29 is 0 Å². The zero-order chi connectivity index (χ0) is 12.1. The molecule has 1 aliphatic rings. The number of imidazole rings is 1. The van der Waals surface area contributed by atoms with Crippen LogP contribution in [0.2, 0.25) is 0 Å². The molecule has 0 radical (unpaired) electrons. The summed E-state index contributed by atoms with van der Waals surface area (Å²) in [7, 11) is 0. The zero-order valence-electron chi connectivity index (χ0n) is 11.1. The number of aromatic nitrogens is 2. The molecule has 2 rings (SSSR count). The summed E-state index contributed by atoms with van der Waals surface area (Å²) in [4.78, 5) is 4.08. The van der Waals surface area contributed by atoms with Crippen molar-refractivity contribution in [1.29, 1.82) is 0 Å². The van der Waals surface area contributed by atoms with Crippen LogP contribution in [-0.2, 0) is 6.54 Å². The van der Waals surface area contributed by atoms with Gasteiger partial charge in [-0.15, -0.1) is 0 Å². The summed E-state index contributed by atoms with van der Waals surface area (Å²) in [5.74, 6) is 0.922. The van der Waals surface area contributed by atoms with Crippen LogP contribution in [0.25, 0.3) is 0 Å². The molecule has 3 unspecified atom stereocenters. The van der Waals surface area contributed by atoms with E-state index in [0.29, 0.717) is 6.04 Å². The van der Waals surface area contributed by atoms with Gasteiger partial charge in [-0.3, -0.25) is 0 Å². The molecule has 17 heavy (non-hydrogen) atoms. The Morgan fingerprint density at radius 3 is 3.00 bits per heavy atom. The summed E-state index contributed by atoms with van der Waals surface area (Å²) in [6.07, 6.45) is 12.6. The van der Waals surface area contributed by atoms with Crippen molar-refractivity contribution in [1.82, 2.24) is 14.9 Å². The fourth-order valence-corrected chi connectivity index (χ4v) is 2.82. The minimum Gasteiger partial charge on any atom is -0.336 e. The fraction of sp³-hybridized carbons (Fsp3) is 0.786. The third-order valence-corrected chi connectivity index (χ3v) is 3.82. The molecule has 1 aliphatic carbocycles. The van der Waals surface area contributed by atoms with E-state index in [1.165, 1.54) is 32.1 Å². The van der Waals surface area contributed by atoms with Gasteiger partial charge in [-0.1, -0.05) is 19.8 Å². The Labute approximate surface area is 105 Å². The molecule has 0 bridgehead atoms. The first-order valence-electron chi connectivity index (χ1n) is 6.96. The van der Waals surface area contributed by atoms with Gasteiger partial charge in [0.1, 0.15) is 0 Å². The molecule has 0 spiro atoms. The van der Waals surface area contributed by atoms with E-state index in [-0.39, 0.29) is 0 Å². The number of nitrogens with one attached hydrogen (secondary N) is 1. The highest BCUT2D eigenvalue weighted by Gasteiger charge is 2.17. The van der Waals surface area contributed by atoms with Crippen molar-refractivity contribution >= 4 is 0 Å². The van der Waals surface area contributed by atoms with Crippen LogP contribution in [0.15, 0.2) is 18.7 Å². The van der Waals surface area contributed by atoms with Gasteiger partial charge >= 0.3 is 0 Å². The Morgan fingerprint density at radius 2 is 2.24 bits per heavy atom. The minimum absolute atomic E-state index is 0.530. The second-order valence-corrected chi connectivity index (χ2v) is 5.64. The summed E-state index contributed by atoms with van der Waals surface area (Å²) >= 11 is 0. The molecule has 0 saturated heterocycles. The maximum absolute atomic E-state index is 4.08. The van der Waals surface area contributed by atoms with Gasteiger partial charge in [0.25, 0.3) is 0 Å². The Kier molecular flexibility index (Phi) is 4.60. The summed E-state index contributed by atoms with van der Waals surface area (Å²) in [5.41, 5.74) is 0. The molecule has 1 N–H and O–H groups in total. The number of hydrogen-bond donors (Lipinski definition) is 1. The van der Waals surface area contributed by atoms with Crippen molar-refractivity contribution in [3.63, 3.8) is 0 Å². The molecule has 0 amide bonds. The third kappa shape index (κ3) is 4.15. The van der Waals surface area contributed by atoms with Gasteiger partial charge in [-0.2, -0.15) is 0 Å². The molecule has 1 aromatic rings. The lowest BCUT2D eigenvalue weighted by Gasteiger charge is -2.22. The predicted octanol–water partition coefficient (Wildman–Crippen LogP) is 2.83. The van der Waals surface area contributed by atoms with Gasteiger partial charge in [-0.25, -0.2) is 4.98 Å². The molecule has 1 heterocycles. The van der Waals surface area contributed by atoms with Gasteiger partial charge < -0.3 is 9.88 Å². The molecule has 96 valence electrons. The Bertz CT molecular complexity index is 307. The van der Waals surface area contributed by atoms with E-state index >= 15 is 0 Å². The van der Waals surface area contributed by atoms with Crippen molar-refractivity contribution in [2.24, 2.45) is 5.92 Å². The fourth-order valence-electron chi connectivity index (χ4n) is 2.82. The first kappa shape index (κ1) is 12.6. The summed E-state index contributed by atoms with van der Waals surface area (Å²) < 4.78 is 2.15. The van der Waals surface area contributed by atoms with Crippen LogP contribution >= 0.6 is 0 Å². The highest BCUT2D eigenvalue weighted by Crippen LogP contribution is 2.22. The van der Waals surface area contributed by atoms with E-state index < -0.39 is 0 Å². The second-order valence-electron chi connectivity index (χ2n) is 5.64. The number of hydrogen-bond acceptors (Lipinski definition) is 2. The molecule has 1 saturated carbocycles. The molecular weight excluding hydrogens is 210 g/mol. The lowest BCUT2D eigenvalue weighted by atomic mass is 10.0.